The number of rotatable bonds is 15. The van der Waals surface area contributed by atoms with Crippen LogP contribution in [0.25, 0.3) is 21.8 Å². The Bertz CT molecular complexity index is 7070. The Morgan fingerprint density at radius 3 is 1.18 bits per heavy atom. The largest absolute Gasteiger partial charge is 0.384 e. The molecule has 0 spiro atoms. The average Bonchev–Trinajstić information content (AvgIpc) is 1.68. The van der Waals surface area contributed by atoms with Crippen molar-refractivity contribution in [2.45, 2.75) is 182 Å². The van der Waals surface area contributed by atoms with Crippen LogP contribution >= 0.6 is 10.7 Å². The second-order valence-electron chi connectivity index (χ2n) is 31.6. The van der Waals surface area contributed by atoms with Crippen LogP contribution in [0.4, 0.5) is 64.4 Å². The number of nitro groups is 2. The second-order valence-corrected chi connectivity index (χ2v) is 40.0. The number of nitro benzene ring substituents is 2. The Kier molecular flexibility index (Phi) is 49.2. The molecule has 7 N–H and O–H groups in total. The number of sulfonamides is 3. The van der Waals surface area contributed by atoms with Crippen LogP contribution in [0, 0.1) is 20.2 Å². The fraction of sp³-hybridized carbons (Fsp3) is 0.278. The molecule has 0 unspecified atom stereocenters. The van der Waals surface area contributed by atoms with Gasteiger partial charge in [0.2, 0.25) is 6.29 Å². The van der Waals surface area contributed by atoms with Crippen molar-refractivity contribution < 1.29 is 88.8 Å². The smallest absolute Gasteiger partial charge is 0.0373 e. The number of para-hydroxylation sites is 2. The van der Waals surface area contributed by atoms with Crippen LogP contribution in [0.5, 0.6) is 0 Å². The van der Waals surface area contributed by atoms with Gasteiger partial charge in [-0.1, -0.05) is 213 Å². The third kappa shape index (κ3) is 33.0. The van der Waals surface area contributed by atoms with E-state index in [1.54, 1.807) is 134 Å². The Morgan fingerprint density at radius 1 is 0.410 bits per heavy atom. The molecule has 6 aliphatic heterocycles. The molecule has 773 valence electrons. The van der Waals surface area contributed by atoms with Crippen LogP contribution in [0.1, 0.15) is 158 Å². The van der Waals surface area contributed by atoms with E-state index in [1.807, 2.05) is 92.8 Å². The number of aromatic nitrogens is 2. The number of halogens is 4. The molecule has 0 fully saturated rings. The first-order valence-corrected chi connectivity index (χ1v) is 51.9. The van der Waals surface area contributed by atoms with Crippen molar-refractivity contribution in [3.63, 3.8) is 0 Å². The van der Waals surface area contributed by atoms with Crippen LogP contribution in [-0.4, -0.2) is 111 Å². The van der Waals surface area contributed by atoms with E-state index in [1.165, 1.54) is 95.0 Å². The van der Waals surface area contributed by atoms with E-state index >= 15 is 0 Å². The number of alkyl halides is 3. The van der Waals surface area contributed by atoms with Gasteiger partial charge in [0.25, 0.3) is 50.5 Å². The Labute approximate surface area is 856 Å². The number of benzene rings is 12. The van der Waals surface area contributed by atoms with Gasteiger partial charge in [0.15, 0.2) is 5.78 Å². The third-order valence-corrected chi connectivity index (χ3v) is 29.7. The number of hydrogen-bond donors (Lipinski definition) is 6. The Morgan fingerprint density at radius 2 is 0.757 bits per heavy atom. The zero-order chi connectivity index (χ0) is 99.9. The minimum atomic E-state index is -4.64. The summed E-state index contributed by atoms with van der Waals surface area (Å²) in [5.74, 6) is -0.0119. The van der Waals surface area contributed by atoms with E-state index in [-0.39, 0.29) is 81.4 Å². The predicted molar refractivity (Wildman–Crippen MR) is 574 cm³/mol. The molecule has 36 heteroatoms. The van der Waals surface area contributed by atoms with Gasteiger partial charge in [-0.15, -0.1) is 0 Å². The molecule has 0 saturated carbocycles. The minimum Gasteiger partial charge on any atom is -0.384 e. The summed E-state index contributed by atoms with van der Waals surface area (Å²) in [5.41, 5.74) is 28.4. The SMILES string of the molecule is C.C.C.C.C.C.CC(=O)c1ccc2c(c1)CCN2S(=O)(=O)c1ccccc1.CCc1cc2c(cc1[N+](=O)[O-])NCC2.CCc1cc2cc[nH]c2cc1N.CCc1cc2cc[nH]c2cc1[N+](=O)[O-].CCc1ccc2c(c1)CCN2.CCc1ccc2c(c1)CCN2S(=O)(=O)c1ccccc1.O=CC(F)(F)F.O=S(=O)(Cl)c1ccccc1.O=S(=O)(c1ccccc1)N1CCc2ccccc21.[O]=[Mn]=[O].c1ccc2c(c1)CCN2. The maximum atomic E-state index is 12.7. The maximum Gasteiger partial charge on any atom is 0.0373 e. The topological polar surface area (TPSA) is 395 Å². The second kappa shape index (κ2) is 57.7. The molecule has 0 aliphatic carbocycles. The van der Waals surface area contributed by atoms with Crippen LogP contribution < -0.4 is 34.6 Å². The molecule has 2 aromatic heterocycles. The summed E-state index contributed by atoms with van der Waals surface area (Å²) in [5, 5.41) is 33.5. The van der Waals surface area contributed by atoms with Crippen LogP contribution in [-0.2, 0) is 137 Å². The summed E-state index contributed by atoms with van der Waals surface area (Å²) in [6.45, 7) is 16.4. The quantitative estimate of drug-likeness (QED) is 0.0106. The van der Waals surface area contributed by atoms with Crippen molar-refractivity contribution in [1.29, 1.82) is 0 Å². The molecule has 6 aliphatic rings. The van der Waals surface area contributed by atoms with Crippen molar-refractivity contribution in [2.24, 2.45) is 0 Å². The van der Waals surface area contributed by atoms with E-state index < -0.39 is 66.4 Å². The number of aromatic amines is 2. The van der Waals surface area contributed by atoms with Gasteiger partial charge in [0.05, 0.1) is 52.0 Å². The van der Waals surface area contributed by atoms with E-state index in [4.69, 9.17) is 28.9 Å². The summed E-state index contributed by atoms with van der Waals surface area (Å²) in [7, 11) is -8.89. The molecule has 12 aromatic carbocycles. The Balaban J connectivity index is 0.000000336. The minimum absolute atomic E-state index is 0. The van der Waals surface area contributed by atoms with Crippen molar-refractivity contribution in [3.8, 4) is 0 Å². The first-order valence-electron chi connectivity index (χ1n) is 44.3. The standard InChI is InChI=1S/C16H15NO3S.C16H17NO2S.C14H13NO2S.C10H12N2O2.C10H10N2O2.C10H12N2.C10H13N.C8H9N.C6H5ClO2S.C2HF3O.6CH4.Mn.2O/c1-12(18)13-7-8-16-14(11-13)9-10-17(16)21(19,20)15-5-3-2-4-6-15;1-2-13-8-9-16-14(12-13)10-11-17(16)20(18,19)15-6-4-3-5-7-15;16-18(17,13-7-2-1-3-8-13)15-11-10-12-6-4-5-9-14(12)15;2*1-2-7-5-8-3-4-11-9(8)6-10(7)12(13)14;1-2-7-5-8-3-4-12-10(8)6-9(7)11;1-2-8-3-4-10-9(7-8)5-6-11-10;1-2-4-8-7(3-1)5-6-9-8;7-10(8,9)6-4-2-1-3-5-6;3-2(4,5)1-6;;;;;;;;;/h2-8,11H,9-10H2,1H3;3-9,12H,2,10-11H2,1H3;1-9H,10-11H2;5-6,11H,2-4H2,1H3;3-6,11H,2H2,1H3;3-6,12H,2,11H2,1H3;3-4,7,11H,2,5-6H2,1H3;1-4,9H,5-6H2;1-5H;1H;6*1H4;;;. The molecule has 27 nitrogen and oxygen atoms in total. The van der Waals surface area contributed by atoms with Gasteiger partial charge in [-0.2, -0.15) is 13.2 Å². The number of fused-ring (bicyclic) bond motifs is 8. The first kappa shape index (κ1) is 123. The Hall–Kier alpha value is -13.5. The molecule has 0 saturated heterocycles. The van der Waals surface area contributed by atoms with Crippen LogP contribution in [0.3, 0.4) is 0 Å². The van der Waals surface area contributed by atoms with E-state index in [2.05, 4.69) is 107 Å². The normalized spacial score (nSPS) is 12.4. The molecule has 0 radical (unpaired) electrons. The summed E-state index contributed by atoms with van der Waals surface area (Å²) in [6.07, 6.45) is 8.07. The van der Waals surface area contributed by atoms with Gasteiger partial charge >= 0.3 is 28.7 Å². The van der Waals surface area contributed by atoms with Gasteiger partial charge in [0, 0.05) is 125 Å². The monoisotopic (exact) mass is 2110 g/mol. The van der Waals surface area contributed by atoms with Gasteiger partial charge < -0.3 is 31.7 Å². The van der Waals surface area contributed by atoms with Gasteiger partial charge in [0.1, 0.15) is 0 Å². The zero-order valence-corrected chi connectivity index (χ0v) is 81.8. The van der Waals surface area contributed by atoms with Crippen molar-refractivity contribution >= 4 is 135 Å². The number of Topliss-reactive ketones (excluding diaryl/α,β-unsaturated/α-hetero) is 1. The molecule has 144 heavy (non-hydrogen) atoms. The zero-order valence-electron chi connectivity index (χ0n) is 76.6. The summed E-state index contributed by atoms with van der Waals surface area (Å²) in [6, 6.07) is 82.7. The van der Waals surface area contributed by atoms with Crippen LogP contribution in [0.15, 0.2) is 305 Å². The number of nitrogens with two attached hydrogens (primary N) is 1. The number of ketones is 1. The van der Waals surface area contributed by atoms with E-state index in [0.717, 1.165) is 125 Å². The number of anilines is 7. The number of nitrogens with zero attached hydrogens (tertiary/aromatic N) is 5. The number of nitrogens with one attached hydrogen (secondary N) is 5. The van der Waals surface area contributed by atoms with Crippen molar-refractivity contribution in [1.82, 2.24) is 9.97 Å². The van der Waals surface area contributed by atoms with Crippen molar-refractivity contribution in [2.75, 3.05) is 73.9 Å². The number of aryl methyl sites for hydroxylation is 5. The van der Waals surface area contributed by atoms with E-state index in [0.29, 0.717) is 59.9 Å². The number of hydrogen-bond acceptors (Lipinski definition) is 20. The van der Waals surface area contributed by atoms with E-state index in [9.17, 15) is 71.9 Å². The van der Waals surface area contributed by atoms with Gasteiger partial charge in [-0.3, -0.25) is 42.7 Å². The maximum absolute atomic E-state index is 12.7. The molecule has 0 atom stereocenters. The fourth-order valence-electron chi connectivity index (χ4n) is 15.8. The molecule has 8 heterocycles. The molecule has 14 aromatic rings. The van der Waals surface area contributed by atoms with Gasteiger partial charge in [-0.05, 0) is 260 Å². The number of carbonyl (C=O) groups excluding carboxylic acids is 2. The summed E-state index contributed by atoms with van der Waals surface area (Å²) >= 11 is -1.44. The molecule has 20 rings (SSSR count). The van der Waals surface area contributed by atoms with Gasteiger partial charge in [-0.25, -0.2) is 33.7 Å². The predicted octanol–water partition coefficient (Wildman–Crippen LogP) is 25.0. The number of aldehydes is 1. The van der Waals surface area contributed by atoms with Crippen molar-refractivity contribution in [3.05, 3.63) is 372 Å². The first-order chi connectivity index (χ1) is 66.0. The summed E-state index contributed by atoms with van der Waals surface area (Å²) < 4.78 is 149. The number of nitrogen functional groups attached to an aromatic ring is 1. The average molecular weight is 2110 g/mol. The fourth-order valence-corrected chi connectivity index (χ4v) is 21.1. The molecule has 0 amide bonds. The van der Waals surface area contributed by atoms with Crippen LogP contribution in [0.2, 0.25) is 0 Å². The molecule has 0 bridgehead atoms. The molecular weight excluding hydrogens is 1980 g/mol. The third-order valence-electron chi connectivity index (χ3n) is 22.9. The summed E-state index contributed by atoms with van der Waals surface area (Å²) in [4.78, 5) is 48.2. The number of H-pyrrole nitrogens is 2. The number of carbonyl (C=O) groups is 2. The molecular formula is C108H131ClF3MnN11O16S4.